The van der Waals surface area contributed by atoms with E-state index < -0.39 is 29.7 Å². The van der Waals surface area contributed by atoms with Crippen LogP contribution in [0.1, 0.15) is 98.3 Å². The van der Waals surface area contributed by atoms with E-state index in [4.69, 9.17) is 4.74 Å². The molecule has 0 bridgehead atoms. The number of piperidine rings is 1. The van der Waals surface area contributed by atoms with Gasteiger partial charge >= 0.3 is 5.97 Å². The summed E-state index contributed by atoms with van der Waals surface area (Å²) in [6, 6.07) is 3.25. The van der Waals surface area contributed by atoms with Gasteiger partial charge in [-0.05, 0) is 31.0 Å². The molecule has 0 radical (unpaired) electrons. The van der Waals surface area contributed by atoms with Crippen molar-refractivity contribution in [1.82, 2.24) is 10.2 Å². The van der Waals surface area contributed by atoms with E-state index in [1.165, 1.54) is 50.3 Å². The van der Waals surface area contributed by atoms with Crippen molar-refractivity contribution in [2.24, 2.45) is 0 Å². The Hall–Kier alpha value is -3.03. The van der Waals surface area contributed by atoms with E-state index in [-0.39, 0.29) is 35.7 Å². The zero-order valence-electron chi connectivity index (χ0n) is 18.5. The van der Waals surface area contributed by atoms with Crippen molar-refractivity contribution < 1.29 is 28.7 Å². The molecule has 32 heavy (non-hydrogen) atoms. The molecule has 0 aliphatic carbocycles. The third kappa shape index (κ3) is 5.60. The molecule has 0 saturated carbocycles. The summed E-state index contributed by atoms with van der Waals surface area (Å²) in [5.41, 5.74) is 0.250. The molecule has 2 heterocycles. The highest BCUT2D eigenvalue weighted by Crippen LogP contribution is 2.30. The number of amides is 4. The van der Waals surface area contributed by atoms with Crippen LogP contribution in [0.15, 0.2) is 18.2 Å². The summed E-state index contributed by atoms with van der Waals surface area (Å²) in [4.78, 5) is 62.0. The van der Waals surface area contributed by atoms with Crippen LogP contribution in [0.4, 0.5) is 0 Å². The summed E-state index contributed by atoms with van der Waals surface area (Å²) in [5, 5.41) is 2.16. The van der Waals surface area contributed by atoms with Gasteiger partial charge in [-0.1, -0.05) is 51.9 Å². The van der Waals surface area contributed by atoms with Crippen molar-refractivity contribution in [2.45, 2.75) is 83.6 Å². The molecule has 4 amide bonds. The Balaban J connectivity index is 1.51. The molecule has 172 valence electrons. The van der Waals surface area contributed by atoms with Crippen LogP contribution in [-0.4, -0.2) is 40.5 Å². The molecule has 1 saturated heterocycles. The van der Waals surface area contributed by atoms with Crippen LogP contribution in [-0.2, 0) is 14.4 Å². The van der Waals surface area contributed by atoms with Crippen molar-refractivity contribution in [3.8, 4) is 5.75 Å². The van der Waals surface area contributed by atoms with Gasteiger partial charge in [-0.15, -0.1) is 0 Å². The maximum Gasteiger partial charge on any atom is 0.311 e. The quantitative estimate of drug-likeness (QED) is 0.243. The number of imide groups is 2. The Morgan fingerprint density at radius 2 is 1.62 bits per heavy atom. The molecule has 1 fully saturated rings. The average molecular weight is 443 g/mol. The summed E-state index contributed by atoms with van der Waals surface area (Å²) in [7, 11) is 0. The van der Waals surface area contributed by atoms with Crippen LogP contribution >= 0.6 is 0 Å². The summed E-state index contributed by atoms with van der Waals surface area (Å²) in [6.07, 6.45) is 9.44. The molecule has 8 heteroatoms. The number of carbonyl (C=O) groups excluding carboxylic acids is 5. The Bertz CT molecular complexity index is 910. The lowest BCUT2D eigenvalue weighted by Crippen LogP contribution is -2.54. The number of esters is 1. The maximum absolute atomic E-state index is 12.8. The molecular formula is C24H30N2O6. The van der Waals surface area contributed by atoms with Gasteiger partial charge in [-0.3, -0.25) is 34.2 Å². The predicted octanol–water partition coefficient (Wildman–Crippen LogP) is 3.52. The molecule has 1 aromatic carbocycles. The number of fused-ring (bicyclic) bond motifs is 1. The monoisotopic (exact) mass is 442 g/mol. The van der Waals surface area contributed by atoms with Gasteiger partial charge in [0.15, 0.2) is 0 Å². The lowest BCUT2D eigenvalue weighted by molar-refractivity contribution is -0.136. The van der Waals surface area contributed by atoms with Crippen LogP contribution in [0.25, 0.3) is 0 Å². The van der Waals surface area contributed by atoms with Crippen molar-refractivity contribution in [3.63, 3.8) is 0 Å². The first-order valence-corrected chi connectivity index (χ1v) is 11.5. The van der Waals surface area contributed by atoms with Gasteiger partial charge in [0.1, 0.15) is 11.8 Å². The first kappa shape index (κ1) is 23.6. The molecule has 1 unspecified atom stereocenters. The van der Waals surface area contributed by atoms with E-state index in [2.05, 4.69) is 12.2 Å². The smallest absolute Gasteiger partial charge is 0.311 e. The summed E-state index contributed by atoms with van der Waals surface area (Å²) >= 11 is 0. The number of hydrogen-bond acceptors (Lipinski definition) is 6. The number of nitrogens with one attached hydrogen (secondary N) is 1. The molecule has 1 N–H and O–H groups in total. The van der Waals surface area contributed by atoms with Gasteiger partial charge in [-0.25, -0.2) is 0 Å². The van der Waals surface area contributed by atoms with Crippen molar-refractivity contribution in [2.75, 3.05) is 0 Å². The SMILES string of the molecule is CCCCCCCCCCC(=O)Oc1ccc2c(c1)C(=O)N(C1CCC(=O)NC1=O)C2=O. The third-order valence-electron chi connectivity index (χ3n) is 5.88. The highest BCUT2D eigenvalue weighted by Gasteiger charge is 2.44. The van der Waals surface area contributed by atoms with Crippen molar-refractivity contribution in [3.05, 3.63) is 29.3 Å². The molecule has 0 spiro atoms. The third-order valence-corrected chi connectivity index (χ3v) is 5.88. The van der Waals surface area contributed by atoms with E-state index in [0.717, 1.165) is 24.2 Å². The molecule has 3 rings (SSSR count). The van der Waals surface area contributed by atoms with Crippen LogP contribution in [0.5, 0.6) is 5.75 Å². The highest BCUT2D eigenvalue weighted by molar-refractivity contribution is 6.23. The minimum Gasteiger partial charge on any atom is -0.427 e. The molecule has 2 aliphatic heterocycles. The summed E-state index contributed by atoms with van der Waals surface area (Å²) < 4.78 is 5.35. The molecule has 2 aliphatic rings. The minimum atomic E-state index is -1.02. The molecule has 8 nitrogen and oxygen atoms in total. The van der Waals surface area contributed by atoms with Gasteiger partial charge in [0.05, 0.1) is 11.1 Å². The van der Waals surface area contributed by atoms with Gasteiger partial charge in [0.2, 0.25) is 11.8 Å². The fourth-order valence-corrected chi connectivity index (χ4v) is 4.10. The highest BCUT2D eigenvalue weighted by atomic mass is 16.5. The number of hydrogen-bond donors (Lipinski definition) is 1. The first-order chi connectivity index (χ1) is 15.4. The molecule has 1 atom stereocenters. The van der Waals surface area contributed by atoms with Crippen molar-refractivity contribution in [1.29, 1.82) is 0 Å². The second-order valence-corrected chi connectivity index (χ2v) is 8.35. The maximum atomic E-state index is 12.8. The number of benzene rings is 1. The van der Waals surface area contributed by atoms with E-state index in [1.54, 1.807) is 0 Å². The standard InChI is InChI=1S/C24H30N2O6/c1-2-3-4-5-6-7-8-9-10-21(28)32-16-11-12-17-18(15-16)24(31)26(23(17)30)19-13-14-20(27)25-22(19)29/h11-12,15,19H,2-10,13-14H2,1H3,(H,25,27,29). The Kier molecular flexibility index (Phi) is 8.14. The van der Waals surface area contributed by atoms with E-state index in [1.807, 2.05) is 0 Å². The van der Waals surface area contributed by atoms with E-state index in [0.29, 0.717) is 6.42 Å². The molecular weight excluding hydrogens is 412 g/mol. The van der Waals surface area contributed by atoms with Gasteiger partial charge in [0.25, 0.3) is 11.8 Å². The minimum absolute atomic E-state index is 0.0609. The summed E-state index contributed by atoms with van der Waals surface area (Å²) in [6.45, 7) is 2.19. The second-order valence-electron chi connectivity index (χ2n) is 8.35. The topological polar surface area (TPSA) is 110 Å². The van der Waals surface area contributed by atoms with Gasteiger partial charge in [0, 0.05) is 12.8 Å². The number of nitrogens with zero attached hydrogens (tertiary/aromatic N) is 1. The normalized spacial score (nSPS) is 18.0. The Morgan fingerprint density at radius 1 is 0.969 bits per heavy atom. The zero-order valence-corrected chi connectivity index (χ0v) is 18.5. The van der Waals surface area contributed by atoms with E-state index in [9.17, 15) is 24.0 Å². The van der Waals surface area contributed by atoms with Crippen LogP contribution in [0, 0.1) is 0 Å². The lowest BCUT2D eigenvalue weighted by atomic mass is 10.0. The van der Waals surface area contributed by atoms with Crippen LogP contribution in [0.3, 0.4) is 0 Å². The summed E-state index contributed by atoms with van der Waals surface area (Å²) in [5.74, 6) is -2.48. The van der Waals surface area contributed by atoms with Gasteiger partial charge < -0.3 is 4.74 Å². The molecule has 1 aromatic rings. The fourth-order valence-electron chi connectivity index (χ4n) is 4.10. The number of ether oxygens (including phenoxy) is 1. The van der Waals surface area contributed by atoms with Gasteiger partial charge in [-0.2, -0.15) is 0 Å². The first-order valence-electron chi connectivity index (χ1n) is 11.5. The van der Waals surface area contributed by atoms with Crippen LogP contribution in [0.2, 0.25) is 0 Å². The second kappa shape index (κ2) is 11.0. The van der Waals surface area contributed by atoms with E-state index >= 15 is 0 Å². The Labute approximate surface area is 187 Å². The number of unbranched alkanes of at least 4 members (excludes halogenated alkanes) is 7. The molecule has 0 aromatic heterocycles. The number of carbonyl (C=O) groups is 5. The average Bonchev–Trinajstić information content (AvgIpc) is 3.00. The Morgan fingerprint density at radius 3 is 2.31 bits per heavy atom. The predicted molar refractivity (Wildman–Crippen MR) is 116 cm³/mol. The zero-order chi connectivity index (χ0) is 23.1. The number of rotatable bonds is 11. The lowest BCUT2D eigenvalue weighted by Gasteiger charge is -2.27. The van der Waals surface area contributed by atoms with Crippen LogP contribution < -0.4 is 10.1 Å². The largest absolute Gasteiger partial charge is 0.427 e. The fraction of sp³-hybridized carbons (Fsp3) is 0.542. The van der Waals surface area contributed by atoms with Crippen molar-refractivity contribution >= 4 is 29.6 Å².